The van der Waals surface area contributed by atoms with Crippen LogP contribution in [0.15, 0.2) is 53.1 Å². The van der Waals surface area contributed by atoms with Gasteiger partial charge < -0.3 is 19.4 Å². The number of amides is 2. The molecule has 0 radical (unpaired) electrons. The minimum Gasteiger partial charge on any atom is -0.469 e. The molecular formula is C19H22N2O4. The summed E-state index contributed by atoms with van der Waals surface area (Å²) in [6.07, 6.45) is 2.17. The topological polar surface area (TPSA) is 71.8 Å². The Morgan fingerprint density at radius 1 is 1.24 bits per heavy atom. The van der Waals surface area contributed by atoms with Gasteiger partial charge >= 0.3 is 12.0 Å². The van der Waals surface area contributed by atoms with Gasteiger partial charge in [0.25, 0.3) is 0 Å². The van der Waals surface area contributed by atoms with E-state index in [1.165, 1.54) is 7.11 Å². The molecule has 1 saturated heterocycles. The van der Waals surface area contributed by atoms with Gasteiger partial charge in [0.05, 0.1) is 18.8 Å². The van der Waals surface area contributed by atoms with Crippen molar-refractivity contribution in [2.24, 2.45) is 5.41 Å². The van der Waals surface area contributed by atoms with Crippen LogP contribution in [0.4, 0.5) is 4.79 Å². The monoisotopic (exact) mass is 342 g/mol. The van der Waals surface area contributed by atoms with E-state index in [1.54, 1.807) is 17.2 Å². The summed E-state index contributed by atoms with van der Waals surface area (Å²) in [5, 5.41) is 3.01. The molecule has 0 unspecified atom stereocenters. The Morgan fingerprint density at radius 3 is 2.64 bits per heavy atom. The lowest BCUT2D eigenvalue weighted by Gasteiger charge is -2.24. The van der Waals surface area contributed by atoms with Crippen molar-refractivity contribution in [1.82, 2.24) is 10.2 Å². The van der Waals surface area contributed by atoms with Crippen LogP contribution in [0.2, 0.25) is 0 Å². The summed E-state index contributed by atoms with van der Waals surface area (Å²) in [6, 6.07) is 12.7. The van der Waals surface area contributed by atoms with E-state index in [1.807, 2.05) is 43.3 Å². The molecule has 2 aromatic rings. The zero-order chi connectivity index (χ0) is 17.9. The highest BCUT2D eigenvalue weighted by atomic mass is 16.5. The summed E-state index contributed by atoms with van der Waals surface area (Å²) in [6.45, 7) is 2.68. The second-order valence-corrected chi connectivity index (χ2v) is 6.53. The highest BCUT2D eigenvalue weighted by molar-refractivity contribution is 5.81. The van der Waals surface area contributed by atoms with Crippen LogP contribution in [0.3, 0.4) is 0 Å². The van der Waals surface area contributed by atoms with E-state index in [2.05, 4.69) is 5.32 Å². The molecule has 1 aromatic carbocycles. The normalized spacial score (nSPS) is 21.0. The molecule has 0 aliphatic carbocycles. The van der Waals surface area contributed by atoms with Gasteiger partial charge in [0.1, 0.15) is 11.8 Å². The Labute approximate surface area is 146 Å². The Balaban J connectivity index is 1.75. The number of furan rings is 1. The van der Waals surface area contributed by atoms with Gasteiger partial charge in [0.2, 0.25) is 0 Å². The predicted octanol–water partition coefficient (Wildman–Crippen LogP) is 2.96. The van der Waals surface area contributed by atoms with E-state index in [9.17, 15) is 9.59 Å². The molecule has 2 atom stereocenters. The molecule has 2 amide bonds. The van der Waals surface area contributed by atoms with E-state index in [0.717, 1.165) is 5.56 Å². The molecule has 1 fully saturated rings. The van der Waals surface area contributed by atoms with Gasteiger partial charge in [0.15, 0.2) is 0 Å². The maximum absolute atomic E-state index is 12.7. The fraction of sp³-hybridized carbons (Fsp3) is 0.368. The van der Waals surface area contributed by atoms with Crippen LogP contribution in [0.25, 0.3) is 0 Å². The van der Waals surface area contributed by atoms with E-state index in [-0.39, 0.29) is 18.0 Å². The van der Waals surface area contributed by atoms with Gasteiger partial charge in [-0.3, -0.25) is 4.79 Å². The number of likely N-dealkylation sites (tertiary alicyclic amines) is 1. The molecule has 0 spiro atoms. The van der Waals surface area contributed by atoms with Crippen molar-refractivity contribution in [3.05, 3.63) is 60.1 Å². The summed E-state index contributed by atoms with van der Waals surface area (Å²) in [5.74, 6) is 0.378. The first-order valence-electron chi connectivity index (χ1n) is 8.26. The van der Waals surface area contributed by atoms with Crippen LogP contribution in [-0.2, 0) is 9.53 Å². The third-order valence-electron chi connectivity index (χ3n) is 4.67. The van der Waals surface area contributed by atoms with Gasteiger partial charge in [0, 0.05) is 13.1 Å². The lowest BCUT2D eigenvalue weighted by molar-refractivity contribution is -0.150. The molecule has 1 N–H and O–H groups in total. The summed E-state index contributed by atoms with van der Waals surface area (Å²) < 4.78 is 10.4. The van der Waals surface area contributed by atoms with Crippen LogP contribution in [0.5, 0.6) is 0 Å². The number of nitrogens with one attached hydrogen (secondary N) is 1. The molecule has 25 heavy (non-hydrogen) atoms. The first-order chi connectivity index (χ1) is 12.0. The second-order valence-electron chi connectivity index (χ2n) is 6.53. The van der Waals surface area contributed by atoms with Gasteiger partial charge in [-0.15, -0.1) is 0 Å². The minimum atomic E-state index is -0.654. The van der Waals surface area contributed by atoms with Crippen molar-refractivity contribution in [2.45, 2.75) is 19.4 Å². The highest BCUT2D eigenvalue weighted by Gasteiger charge is 2.43. The van der Waals surface area contributed by atoms with Gasteiger partial charge in [-0.2, -0.15) is 0 Å². The molecule has 6 nitrogen and oxygen atoms in total. The summed E-state index contributed by atoms with van der Waals surface area (Å²) in [4.78, 5) is 26.3. The summed E-state index contributed by atoms with van der Waals surface area (Å²) in [5.41, 5.74) is 0.277. The number of carbonyl (C=O) groups excluding carboxylic acids is 2. The van der Waals surface area contributed by atoms with Crippen molar-refractivity contribution in [1.29, 1.82) is 0 Å². The van der Waals surface area contributed by atoms with Crippen LogP contribution in [-0.4, -0.2) is 37.1 Å². The lowest BCUT2D eigenvalue weighted by atomic mass is 9.90. The first kappa shape index (κ1) is 17.1. The molecule has 3 rings (SSSR count). The molecule has 1 aromatic heterocycles. The van der Waals surface area contributed by atoms with Crippen molar-refractivity contribution >= 4 is 12.0 Å². The number of nitrogens with zero attached hydrogens (tertiary/aromatic N) is 1. The molecule has 132 valence electrons. The Bertz CT molecular complexity index is 729. The number of urea groups is 1. The standard InChI is InChI=1S/C19H22N2O4/c1-19(17(22)24-2)10-11-21(13-19)18(23)20-16(15-9-6-12-25-15)14-7-4-3-5-8-14/h3-9,12,16H,10-11,13H2,1-2H3,(H,20,23)/t16-,19-/m0/s1. The zero-order valence-electron chi connectivity index (χ0n) is 14.4. The number of esters is 1. The van der Waals surface area contributed by atoms with Crippen LogP contribution in [0.1, 0.15) is 30.7 Å². The van der Waals surface area contributed by atoms with Crippen molar-refractivity contribution in [3.8, 4) is 0 Å². The number of rotatable bonds is 4. The highest BCUT2D eigenvalue weighted by Crippen LogP contribution is 2.32. The maximum atomic E-state index is 12.7. The van der Waals surface area contributed by atoms with Crippen molar-refractivity contribution < 1.29 is 18.7 Å². The Kier molecular flexibility index (Phi) is 4.79. The predicted molar refractivity (Wildman–Crippen MR) is 91.8 cm³/mol. The minimum absolute atomic E-state index is 0.224. The molecular weight excluding hydrogens is 320 g/mol. The maximum Gasteiger partial charge on any atom is 0.318 e. The first-order valence-corrected chi connectivity index (χ1v) is 8.26. The number of benzene rings is 1. The second kappa shape index (κ2) is 7.01. The van der Waals surface area contributed by atoms with Gasteiger partial charge in [-0.05, 0) is 31.0 Å². The number of hydrogen-bond donors (Lipinski definition) is 1. The summed E-state index contributed by atoms with van der Waals surface area (Å²) in [7, 11) is 1.37. The van der Waals surface area contributed by atoms with Crippen LogP contribution >= 0.6 is 0 Å². The van der Waals surface area contributed by atoms with Crippen molar-refractivity contribution in [2.75, 3.05) is 20.2 Å². The number of carbonyl (C=O) groups is 2. The molecule has 1 aliphatic rings. The quantitative estimate of drug-likeness (QED) is 0.867. The smallest absolute Gasteiger partial charge is 0.318 e. The number of methoxy groups -OCH3 is 1. The third-order valence-corrected chi connectivity index (χ3v) is 4.67. The van der Waals surface area contributed by atoms with Crippen LogP contribution < -0.4 is 5.32 Å². The molecule has 0 saturated carbocycles. The van der Waals surface area contributed by atoms with E-state index in [4.69, 9.17) is 9.15 Å². The largest absolute Gasteiger partial charge is 0.469 e. The fourth-order valence-corrected chi connectivity index (χ4v) is 3.18. The van der Waals surface area contributed by atoms with E-state index >= 15 is 0 Å². The third kappa shape index (κ3) is 3.52. The van der Waals surface area contributed by atoms with E-state index in [0.29, 0.717) is 25.3 Å². The fourth-order valence-electron chi connectivity index (χ4n) is 3.18. The number of hydrogen-bond acceptors (Lipinski definition) is 4. The molecule has 6 heteroatoms. The van der Waals surface area contributed by atoms with Crippen molar-refractivity contribution in [3.63, 3.8) is 0 Å². The van der Waals surface area contributed by atoms with Gasteiger partial charge in [-0.1, -0.05) is 30.3 Å². The number of ether oxygens (including phenoxy) is 1. The SMILES string of the molecule is COC(=O)[C@@]1(C)CCN(C(=O)N[C@@H](c2ccccc2)c2ccco2)C1. The Morgan fingerprint density at radius 2 is 2.00 bits per heavy atom. The molecule has 2 heterocycles. The van der Waals surface area contributed by atoms with Crippen LogP contribution in [0, 0.1) is 5.41 Å². The average molecular weight is 342 g/mol. The molecule has 0 bridgehead atoms. The van der Waals surface area contributed by atoms with E-state index < -0.39 is 5.41 Å². The zero-order valence-corrected chi connectivity index (χ0v) is 14.4. The summed E-state index contributed by atoms with van der Waals surface area (Å²) >= 11 is 0. The average Bonchev–Trinajstić information content (AvgIpc) is 3.30. The Hall–Kier alpha value is -2.76. The van der Waals surface area contributed by atoms with Gasteiger partial charge in [-0.25, -0.2) is 4.79 Å². The molecule has 1 aliphatic heterocycles. The lowest BCUT2D eigenvalue weighted by Crippen LogP contribution is -2.42.